The zero-order chi connectivity index (χ0) is 16.9. The van der Waals surface area contributed by atoms with E-state index >= 15 is 0 Å². The largest absolute Gasteiger partial charge is 0.489 e. The van der Waals surface area contributed by atoms with Crippen LogP contribution in [0.25, 0.3) is 0 Å². The number of piperidine rings is 1. The summed E-state index contributed by atoms with van der Waals surface area (Å²) in [5.41, 5.74) is 1.83. The average molecular weight is 324 g/mol. The molecule has 1 aliphatic heterocycles. The number of amides is 1. The fourth-order valence-electron chi connectivity index (χ4n) is 3.00. The first kappa shape index (κ1) is 16.4. The third-order valence-corrected chi connectivity index (χ3v) is 4.34. The number of nitrogens with zero attached hydrogens (tertiary/aromatic N) is 2. The number of ether oxygens (including phenoxy) is 1. The lowest BCUT2D eigenvalue weighted by atomic mass is 10.1. The summed E-state index contributed by atoms with van der Waals surface area (Å²) in [7, 11) is 3.99. The Morgan fingerprint density at radius 3 is 2.46 bits per heavy atom. The van der Waals surface area contributed by atoms with E-state index in [9.17, 15) is 4.79 Å². The van der Waals surface area contributed by atoms with Gasteiger partial charge in [-0.15, -0.1) is 0 Å². The molecule has 0 aliphatic carbocycles. The van der Waals surface area contributed by atoms with E-state index in [1.807, 2.05) is 78.5 Å². The Morgan fingerprint density at radius 2 is 1.79 bits per heavy atom. The highest BCUT2D eigenvalue weighted by molar-refractivity contribution is 5.94. The van der Waals surface area contributed by atoms with E-state index in [1.165, 1.54) is 0 Å². The second kappa shape index (κ2) is 7.39. The van der Waals surface area contributed by atoms with Gasteiger partial charge in [0.15, 0.2) is 0 Å². The second-order valence-corrected chi connectivity index (χ2v) is 6.39. The van der Waals surface area contributed by atoms with Crippen molar-refractivity contribution in [3.63, 3.8) is 0 Å². The van der Waals surface area contributed by atoms with Gasteiger partial charge in [-0.25, -0.2) is 0 Å². The lowest BCUT2D eigenvalue weighted by Gasteiger charge is -2.33. The Kier molecular flexibility index (Phi) is 5.04. The molecule has 3 rings (SSSR count). The van der Waals surface area contributed by atoms with Gasteiger partial charge in [0, 0.05) is 31.9 Å². The Balaban J connectivity index is 1.64. The van der Waals surface area contributed by atoms with Gasteiger partial charge in [-0.3, -0.25) is 4.79 Å². The predicted molar refractivity (Wildman–Crippen MR) is 96.8 cm³/mol. The molecular weight excluding hydrogens is 300 g/mol. The molecule has 0 N–H and O–H groups in total. The first-order chi connectivity index (χ1) is 11.6. The van der Waals surface area contributed by atoms with Crippen molar-refractivity contribution in [1.82, 2.24) is 4.90 Å². The van der Waals surface area contributed by atoms with E-state index < -0.39 is 0 Å². The summed E-state index contributed by atoms with van der Waals surface area (Å²) in [4.78, 5) is 16.7. The SMILES string of the molecule is CN(C)c1ccc(C(=O)N2CCCC(Oc3ccccc3)C2)cc1. The van der Waals surface area contributed by atoms with Gasteiger partial charge in [0.25, 0.3) is 5.91 Å². The van der Waals surface area contributed by atoms with Crippen molar-refractivity contribution in [2.24, 2.45) is 0 Å². The minimum atomic E-state index is 0.0612. The monoisotopic (exact) mass is 324 g/mol. The van der Waals surface area contributed by atoms with Gasteiger partial charge in [-0.2, -0.15) is 0 Å². The maximum atomic E-state index is 12.7. The molecule has 0 saturated carbocycles. The van der Waals surface area contributed by atoms with Crippen molar-refractivity contribution in [3.05, 3.63) is 60.2 Å². The minimum absolute atomic E-state index is 0.0612. The zero-order valence-electron chi connectivity index (χ0n) is 14.3. The van der Waals surface area contributed by atoms with Gasteiger partial charge in [0.2, 0.25) is 0 Å². The summed E-state index contributed by atoms with van der Waals surface area (Å²) in [6.45, 7) is 1.44. The minimum Gasteiger partial charge on any atom is -0.489 e. The maximum absolute atomic E-state index is 12.7. The van der Waals surface area contributed by atoms with Gasteiger partial charge in [-0.1, -0.05) is 18.2 Å². The van der Waals surface area contributed by atoms with Gasteiger partial charge in [0.1, 0.15) is 11.9 Å². The van der Waals surface area contributed by atoms with Crippen LogP contribution in [0.4, 0.5) is 5.69 Å². The normalized spacial score (nSPS) is 17.4. The van der Waals surface area contributed by atoms with Crippen LogP contribution in [0.15, 0.2) is 54.6 Å². The van der Waals surface area contributed by atoms with Crippen LogP contribution in [0.5, 0.6) is 5.75 Å². The second-order valence-electron chi connectivity index (χ2n) is 6.39. The number of benzene rings is 2. The maximum Gasteiger partial charge on any atom is 0.253 e. The molecule has 0 spiro atoms. The average Bonchev–Trinajstić information content (AvgIpc) is 2.62. The van der Waals surface area contributed by atoms with Gasteiger partial charge in [0.05, 0.1) is 6.54 Å². The van der Waals surface area contributed by atoms with E-state index in [0.29, 0.717) is 6.54 Å². The number of hydrogen-bond donors (Lipinski definition) is 0. The molecule has 0 bridgehead atoms. The number of anilines is 1. The fraction of sp³-hybridized carbons (Fsp3) is 0.350. The van der Waals surface area contributed by atoms with Crippen LogP contribution in [0.2, 0.25) is 0 Å². The van der Waals surface area contributed by atoms with Crippen molar-refractivity contribution >= 4 is 11.6 Å². The first-order valence-electron chi connectivity index (χ1n) is 8.42. The number of carbonyl (C=O) groups excluding carboxylic acids is 1. The topological polar surface area (TPSA) is 32.8 Å². The lowest BCUT2D eigenvalue weighted by molar-refractivity contribution is 0.0538. The highest BCUT2D eigenvalue weighted by Crippen LogP contribution is 2.20. The first-order valence-corrected chi connectivity index (χ1v) is 8.42. The van der Waals surface area contributed by atoms with Crippen LogP contribution in [-0.4, -0.2) is 44.1 Å². The van der Waals surface area contributed by atoms with E-state index in [0.717, 1.165) is 36.4 Å². The molecule has 4 heteroatoms. The molecule has 1 heterocycles. The summed E-state index contributed by atoms with van der Waals surface area (Å²) in [6.07, 6.45) is 2.02. The fourth-order valence-corrected chi connectivity index (χ4v) is 3.00. The van der Waals surface area contributed by atoms with Crippen LogP contribution >= 0.6 is 0 Å². The van der Waals surface area contributed by atoms with Crippen LogP contribution in [0, 0.1) is 0 Å². The highest BCUT2D eigenvalue weighted by Gasteiger charge is 2.25. The van der Waals surface area contributed by atoms with Gasteiger partial charge >= 0.3 is 0 Å². The molecule has 2 aromatic carbocycles. The lowest BCUT2D eigenvalue weighted by Crippen LogP contribution is -2.44. The van der Waals surface area contributed by atoms with Crippen molar-refractivity contribution < 1.29 is 9.53 Å². The summed E-state index contributed by atoms with van der Waals surface area (Å²) in [5.74, 6) is 0.953. The zero-order valence-corrected chi connectivity index (χ0v) is 14.3. The number of para-hydroxylation sites is 1. The number of carbonyl (C=O) groups is 1. The summed E-state index contributed by atoms with van der Waals surface area (Å²) in [5, 5.41) is 0. The molecule has 1 fully saturated rings. The van der Waals surface area contributed by atoms with Crippen molar-refractivity contribution in [2.45, 2.75) is 18.9 Å². The van der Waals surface area contributed by atoms with Crippen LogP contribution in [-0.2, 0) is 0 Å². The summed E-state index contributed by atoms with van der Waals surface area (Å²) >= 11 is 0. The Bertz CT molecular complexity index is 668. The third kappa shape index (κ3) is 3.88. The van der Waals surface area contributed by atoms with E-state index in [4.69, 9.17) is 4.74 Å². The Hall–Kier alpha value is -2.49. The highest BCUT2D eigenvalue weighted by atomic mass is 16.5. The van der Waals surface area contributed by atoms with E-state index in [1.54, 1.807) is 0 Å². The molecule has 1 aliphatic rings. The van der Waals surface area contributed by atoms with Gasteiger partial charge < -0.3 is 14.5 Å². The van der Waals surface area contributed by atoms with Crippen LogP contribution in [0.1, 0.15) is 23.2 Å². The van der Waals surface area contributed by atoms with Gasteiger partial charge in [-0.05, 0) is 49.2 Å². The van der Waals surface area contributed by atoms with E-state index in [2.05, 4.69) is 0 Å². The molecule has 1 atom stereocenters. The molecule has 1 amide bonds. The Morgan fingerprint density at radius 1 is 1.08 bits per heavy atom. The molecule has 0 radical (unpaired) electrons. The van der Waals surface area contributed by atoms with Crippen LogP contribution in [0.3, 0.4) is 0 Å². The molecule has 4 nitrogen and oxygen atoms in total. The molecule has 2 aromatic rings. The quantitative estimate of drug-likeness (QED) is 0.864. The van der Waals surface area contributed by atoms with Crippen molar-refractivity contribution in [3.8, 4) is 5.75 Å². The van der Waals surface area contributed by atoms with E-state index in [-0.39, 0.29) is 12.0 Å². The van der Waals surface area contributed by atoms with Crippen molar-refractivity contribution in [1.29, 1.82) is 0 Å². The summed E-state index contributed by atoms with van der Waals surface area (Å²) < 4.78 is 6.02. The molecule has 0 aromatic heterocycles. The standard InChI is InChI=1S/C20H24N2O2/c1-21(2)17-12-10-16(11-13-17)20(23)22-14-6-9-19(15-22)24-18-7-4-3-5-8-18/h3-5,7-8,10-13,19H,6,9,14-15H2,1-2H3. The Labute approximate surface area is 143 Å². The third-order valence-electron chi connectivity index (χ3n) is 4.34. The molecule has 1 saturated heterocycles. The smallest absolute Gasteiger partial charge is 0.253 e. The summed E-state index contributed by atoms with van der Waals surface area (Å²) in [6, 6.07) is 17.6. The number of hydrogen-bond acceptors (Lipinski definition) is 3. The van der Waals surface area contributed by atoms with Crippen LogP contribution < -0.4 is 9.64 Å². The molecular formula is C20H24N2O2. The molecule has 126 valence electrons. The van der Waals surface area contributed by atoms with Crippen molar-refractivity contribution in [2.75, 3.05) is 32.1 Å². The molecule has 1 unspecified atom stereocenters. The molecule has 24 heavy (non-hydrogen) atoms. The number of likely N-dealkylation sites (tertiary alicyclic amines) is 1. The predicted octanol–water partition coefficient (Wildman–Crippen LogP) is 3.44. The number of rotatable bonds is 4.